The minimum atomic E-state index is -1.03. The van der Waals surface area contributed by atoms with Gasteiger partial charge in [0.05, 0.1) is 12.1 Å². The van der Waals surface area contributed by atoms with E-state index in [0.29, 0.717) is 31.1 Å². The second-order valence-corrected chi connectivity index (χ2v) is 11.5. The molecule has 9 heteroatoms. The summed E-state index contributed by atoms with van der Waals surface area (Å²) in [5.74, 6) is -2.07. The van der Waals surface area contributed by atoms with Crippen LogP contribution in [0.15, 0.2) is 54.6 Å². The highest BCUT2D eigenvalue weighted by Crippen LogP contribution is 2.25. The zero-order chi connectivity index (χ0) is 30.5. The van der Waals surface area contributed by atoms with Crippen LogP contribution in [0.4, 0.5) is 9.18 Å². The lowest BCUT2D eigenvalue weighted by Crippen LogP contribution is -2.46. The smallest absolute Gasteiger partial charge is 0.408 e. The minimum absolute atomic E-state index is 0.0130. The van der Waals surface area contributed by atoms with Crippen molar-refractivity contribution >= 4 is 29.9 Å². The fraction of sp³-hybridized carbons (Fsp3) is 0.485. The Morgan fingerprint density at radius 2 is 1.71 bits per heavy atom. The van der Waals surface area contributed by atoms with E-state index in [4.69, 9.17) is 4.74 Å². The first-order valence-electron chi connectivity index (χ1n) is 14.7. The Morgan fingerprint density at radius 1 is 1.00 bits per heavy atom. The van der Waals surface area contributed by atoms with Gasteiger partial charge in [-0.15, -0.1) is 0 Å². The van der Waals surface area contributed by atoms with E-state index in [-0.39, 0.29) is 49.3 Å². The van der Waals surface area contributed by atoms with E-state index in [1.807, 2.05) is 32.0 Å². The lowest BCUT2D eigenvalue weighted by Gasteiger charge is -2.26. The summed E-state index contributed by atoms with van der Waals surface area (Å²) in [7, 11) is 0. The zero-order valence-corrected chi connectivity index (χ0v) is 24.4. The third-order valence-electron chi connectivity index (χ3n) is 7.53. The van der Waals surface area contributed by atoms with Crippen LogP contribution in [-0.4, -0.2) is 41.9 Å². The van der Waals surface area contributed by atoms with Crippen LogP contribution >= 0.6 is 0 Å². The van der Waals surface area contributed by atoms with E-state index in [1.54, 1.807) is 12.1 Å². The molecule has 3 rings (SSSR count). The van der Waals surface area contributed by atoms with Crippen molar-refractivity contribution in [2.75, 3.05) is 0 Å². The summed E-state index contributed by atoms with van der Waals surface area (Å²) in [6.45, 7) is 3.87. The molecule has 226 valence electrons. The highest BCUT2D eigenvalue weighted by molar-refractivity contribution is 5.92. The van der Waals surface area contributed by atoms with Crippen LogP contribution in [0.3, 0.4) is 0 Å². The molecule has 1 aliphatic carbocycles. The number of amides is 2. The van der Waals surface area contributed by atoms with Crippen LogP contribution in [0.1, 0.15) is 69.9 Å². The summed E-state index contributed by atoms with van der Waals surface area (Å²) in [5.41, 5.74) is 1.41. The van der Waals surface area contributed by atoms with Crippen molar-refractivity contribution in [3.05, 3.63) is 71.5 Å². The second kappa shape index (κ2) is 16.5. The standard InChI is InChI=1S/C33H41FN2O6/c1-22(2)16-26(32(40)35-28(20-37)18-25-10-6-7-11-30(25)38)19-31(39)29(17-23-12-14-27(34)15-13-23)36-33(41)42-21-24-8-4-3-5-9-24/h3-5,8-9,12-15,20,22,25-26,28-29H,6-7,10-11,16-19,21H2,1-2H3,(H,35,40)(H,36,41)/t25-,26?,28-,29-/m0/s1. The third kappa shape index (κ3) is 10.8. The molecular formula is C33H41FN2O6. The molecular weight excluding hydrogens is 539 g/mol. The summed E-state index contributed by atoms with van der Waals surface area (Å²) in [5, 5.41) is 5.38. The van der Waals surface area contributed by atoms with Crippen LogP contribution in [0.25, 0.3) is 0 Å². The van der Waals surface area contributed by atoms with Gasteiger partial charge in [0.2, 0.25) is 5.91 Å². The Balaban J connectivity index is 1.70. The SMILES string of the molecule is CC(C)CC(CC(=O)[C@H](Cc1ccc(F)cc1)NC(=O)OCc1ccccc1)C(=O)N[C@H](C=O)C[C@@H]1CCCCC1=O. The number of hydrogen-bond donors (Lipinski definition) is 2. The molecule has 0 saturated heterocycles. The minimum Gasteiger partial charge on any atom is -0.445 e. The fourth-order valence-electron chi connectivity index (χ4n) is 5.31. The first-order chi connectivity index (χ1) is 20.1. The van der Waals surface area contributed by atoms with Crippen molar-refractivity contribution in [1.29, 1.82) is 0 Å². The molecule has 0 spiro atoms. The van der Waals surface area contributed by atoms with Gasteiger partial charge in [-0.05, 0) is 61.3 Å². The summed E-state index contributed by atoms with van der Waals surface area (Å²) < 4.78 is 18.8. The molecule has 1 saturated carbocycles. The van der Waals surface area contributed by atoms with Gasteiger partial charge >= 0.3 is 6.09 Å². The summed E-state index contributed by atoms with van der Waals surface area (Å²) in [6, 6.07) is 12.9. The van der Waals surface area contributed by atoms with Crippen LogP contribution in [0.5, 0.6) is 0 Å². The summed E-state index contributed by atoms with van der Waals surface area (Å²) >= 11 is 0. The number of ketones is 2. The number of ether oxygens (including phenoxy) is 1. The topological polar surface area (TPSA) is 119 Å². The van der Waals surface area contributed by atoms with Crippen molar-refractivity contribution < 1.29 is 33.1 Å². The lowest BCUT2D eigenvalue weighted by atomic mass is 9.83. The monoisotopic (exact) mass is 580 g/mol. The van der Waals surface area contributed by atoms with Crippen LogP contribution in [0.2, 0.25) is 0 Å². The second-order valence-electron chi connectivity index (χ2n) is 11.5. The molecule has 1 fully saturated rings. The van der Waals surface area contributed by atoms with E-state index >= 15 is 0 Å². The predicted molar refractivity (Wildman–Crippen MR) is 156 cm³/mol. The number of Topliss-reactive ketones (excluding diaryl/α,β-unsaturated/α-hetero) is 2. The van der Waals surface area contributed by atoms with Gasteiger partial charge in [0, 0.05) is 24.7 Å². The van der Waals surface area contributed by atoms with Crippen LogP contribution in [-0.2, 0) is 36.9 Å². The summed E-state index contributed by atoms with van der Waals surface area (Å²) in [4.78, 5) is 63.7. The van der Waals surface area contributed by atoms with Gasteiger partial charge in [-0.25, -0.2) is 9.18 Å². The maximum absolute atomic E-state index is 13.6. The average molecular weight is 581 g/mol. The van der Waals surface area contributed by atoms with Gasteiger partial charge < -0.3 is 20.2 Å². The molecule has 2 N–H and O–H groups in total. The molecule has 0 aromatic heterocycles. The van der Waals surface area contributed by atoms with Gasteiger partial charge in [-0.2, -0.15) is 0 Å². The molecule has 1 unspecified atom stereocenters. The van der Waals surface area contributed by atoms with E-state index in [9.17, 15) is 28.4 Å². The van der Waals surface area contributed by atoms with Crippen molar-refractivity contribution in [2.45, 2.75) is 83.9 Å². The summed E-state index contributed by atoms with van der Waals surface area (Å²) in [6.07, 6.45) is 3.34. The molecule has 0 bridgehead atoms. The van der Waals surface area contributed by atoms with Crippen LogP contribution in [0, 0.1) is 23.6 Å². The maximum atomic E-state index is 13.6. The van der Waals surface area contributed by atoms with Gasteiger partial charge in [0.25, 0.3) is 0 Å². The van der Waals surface area contributed by atoms with Gasteiger partial charge in [-0.3, -0.25) is 14.4 Å². The molecule has 0 aliphatic heterocycles. The number of carbonyl (C=O) groups excluding carboxylic acids is 5. The van der Waals surface area contributed by atoms with E-state index in [1.165, 1.54) is 24.3 Å². The van der Waals surface area contributed by atoms with E-state index < -0.39 is 35.8 Å². The molecule has 0 heterocycles. The van der Waals surface area contributed by atoms with Gasteiger partial charge in [-0.1, -0.05) is 62.7 Å². The number of carbonyl (C=O) groups is 5. The number of nitrogens with one attached hydrogen (secondary N) is 2. The molecule has 0 radical (unpaired) electrons. The predicted octanol–water partition coefficient (Wildman–Crippen LogP) is 5.12. The third-order valence-corrected chi connectivity index (χ3v) is 7.53. The number of benzene rings is 2. The Bertz CT molecular complexity index is 1200. The zero-order valence-electron chi connectivity index (χ0n) is 24.4. The highest BCUT2D eigenvalue weighted by Gasteiger charge is 2.31. The Hall–Kier alpha value is -3.88. The number of hydrogen-bond acceptors (Lipinski definition) is 6. The van der Waals surface area contributed by atoms with Crippen molar-refractivity contribution in [1.82, 2.24) is 10.6 Å². The van der Waals surface area contributed by atoms with Gasteiger partial charge in [0.1, 0.15) is 24.5 Å². The lowest BCUT2D eigenvalue weighted by molar-refractivity contribution is -0.132. The normalized spacial score (nSPS) is 17.1. The highest BCUT2D eigenvalue weighted by atomic mass is 19.1. The largest absolute Gasteiger partial charge is 0.445 e. The first kappa shape index (κ1) is 32.6. The van der Waals surface area contributed by atoms with Crippen molar-refractivity contribution in [3.8, 4) is 0 Å². The molecule has 1 aliphatic rings. The Kier molecular flexibility index (Phi) is 12.8. The average Bonchev–Trinajstić information content (AvgIpc) is 2.97. The van der Waals surface area contributed by atoms with Gasteiger partial charge in [0.15, 0.2) is 5.78 Å². The number of halogens is 1. The molecule has 4 atom stereocenters. The van der Waals surface area contributed by atoms with Crippen molar-refractivity contribution in [2.24, 2.45) is 17.8 Å². The molecule has 2 amide bonds. The Morgan fingerprint density at radius 3 is 2.36 bits per heavy atom. The van der Waals surface area contributed by atoms with E-state index in [2.05, 4.69) is 10.6 Å². The number of aldehydes is 1. The fourth-order valence-corrected chi connectivity index (χ4v) is 5.31. The van der Waals surface area contributed by atoms with Crippen LogP contribution < -0.4 is 10.6 Å². The molecule has 2 aromatic carbocycles. The number of rotatable bonds is 15. The molecule has 8 nitrogen and oxygen atoms in total. The molecule has 2 aromatic rings. The first-order valence-corrected chi connectivity index (χ1v) is 14.7. The van der Waals surface area contributed by atoms with E-state index in [0.717, 1.165) is 18.4 Å². The Labute approximate surface area is 246 Å². The molecule has 42 heavy (non-hydrogen) atoms. The quantitative estimate of drug-likeness (QED) is 0.283. The van der Waals surface area contributed by atoms with Crippen molar-refractivity contribution in [3.63, 3.8) is 0 Å². The maximum Gasteiger partial charge on any atom is 0.408 e. The number of alkyl carbamates (subject to hydrolysis) is 1.